The van der Waals surface area contributed by atoms with Crippen LogP contribution >= 0.6 is 0 Å². The minimum Gasteiger partial charge on any atom is -0.317 e. The fourth-order valence-electron chi connectivity index (χ4n) is 5.09. The lowest BCUT2D eigenvalue weighted by Gasteiger charge is -2.39. The summed E-state index contributed by atoms with van der Waals surface area (Å²) in [5.74, 6) is 1.86. The number of nitrogens with one attached hydrogen (secondary N) is 1. The van der Waals surface area contributed by atoms with Crippen LogP contribution in [0.1, 0.15) is 51.9 Å². The lowest BCUT2D eigenvalue weighted by molar-refractivity contribution is 0.134. The fourth-order valence-corrected chi connectivity index (χ4v) is 5.09. The summed E-state index contributed by atoms with van der Waals surface area (Å²) < 4.78 is 0. The Kier molecular flexibility index (Phi) is 5.58. The molecule has 2 heterocycles. The minimum atomic E-state index is 0.760. The molecule has 4 unspecified atom stereocenters. The van der Waals surface area contributed by atoms with Gasteiger partial charge < -0.3 is 10.2 Å². The summed E-state index contributed by atoms with van der Waals surface area (Å²) in [6.45, 7) is 9.09. The van der Waals surface area contributed by atoms with Gasteiger partial charge in [0.1, 0.15) is 0 Å². The molecule has 0 bridgehead atoms. The van der Waals surface area contributed by atoms with E-state index in [4.69, 9.17) is 0 Å². The number of hydrogen-bond acceptors (Lipinski definition) is 3. The first-order chi connectivity index (χ1) is 10.3. The maximum Gasteiger partial charge on any atom is 0.0223 e. The Morgan fingerprint density at radius 3 is 2.71 bits per heavy atom. The van der Waals surface area contributed by atoms with Crippen LogP contribution in [-0.4, -0.2) is 61.7 Å². The summed E-state index contributed by atoms with van der Waals surface area (Å²) in [7, 11) is 2.17. The Labute approximate surface area is 131 Å². The third kappa shape index (κ3) is 3.80. The number of fused-ring (bicyclic) bond motifs is 1. The number of rotatable bonds is 4. The summed E-state index contributed by atoms with van der Waals surface area (Å²) in [5.41, 5.74) is 0. The molecule has 1 saturated carbocycles. The molecular weight excluding hydrogens is 258 g/mol. The molecule has 2 saturated heterocycles. The zero-order valence-corrected chi connectivity index (χ0v) is 14.2. The van der Waals surface area contributed by atoms with Crippen molar-refractivity contribution in [2.45, 2.75) is 64.0 Å². The monoisotopic (exact) mass is 293 g/mol. The fraction of sp³-hybridized carbons (Fsp3) is 1.00. The second-order valence-electron chi connectivity index (χ2n) is 7.69. The second-order valence-corrected chi connectivity index (χ2v) is 7.69. The first-order valence-electron chi connectivity index (χ1n) is 9.43. The summed E-state index contributed by atoms with van der Waals surface area (Å²) in [6.07, 6.45) is 9.91. The van der Waals surface area contributed by atoms with Crippen molar-refractivity contribution in [3.63, 3.8) is 0 Å². The van der Waals surface area contributed by atoms with E-state index in [1.54, 1.807) is 0 Å². The van der Waals surface area contributed by atoms with E-state index in [-0.39, 0.29) is 0 Å². The van der Waals surface area contributed by atoms with Gasteiger partial charge in [-0.15, -0.1) is 0 Å². The van der Waals surface area contributed by atoms with Gasteiger partial charge in [-0.2, -0.15) is 0 Å². The van der Waals surface area contributed by atoms with Crippen LogP contribution in [-0.2, 0) is 0 Å². The molecule has 0 aromatic rings. The SMILES string of the molecule is CCC1CCC(NC)C(CN2CCCN3CCCC3C2)C1. The molecule has 0 amide bonds. The Bertz CT molecular complexity index is 320. The van der Waals surface area contributed by atoms with Crippen LogP contribution in [0.4, 0.5) is 0 Å². The highest BCUT2D eigenvalue weighted by atomic mass is 15.3. The van der Waals surface area contributed by atoms with Gasteiger partial charge in [0.2, 0.25) is 0 Å². The first kappa shape index (κ1) is 15.8. The summed E-state index contributed by atoms with van der Waals surface area (Å²) >= 11 is 0. The molecule has 0 aromatic heterocycles. The highest BCUT2D eigenvalue weighted by Crippen LogP contribution is 2.32. The Balaban J connectivity index is 1.57. The lowest BCUT2D eigenvalue weighted by Crippen LogP contribution is -2.46. The molecule has 3 nitrogen and oxygen atoms in total. The molecule has 1 aliphatic carbocycles. The van der Waals surface area contributed by atoms with Crippen LogP contribution in [0.3, 0.4) is 0 Å². The molecule has 1 N–H and O–H groups in total. The van der Waals surface area contributed by atoms with Crippen molar-refractivity contribution in [1.29, 1.82) is 0 Å². The first-order valence-corrected chi connectivity index (χ1v) is 9.43. The predicted molar refractivity (Wildman–Crippen MR) is 89.6 cm³/mol. The van der Waals surface area contributed by atoms with Crippen molar-refractivity contribution in [1.82, 2.24) is 15.1 Å². The van der Waals surface area contributed by atoms with Crippen molar-refractivity contribution in [2.75, 3.05) is 39.8 Å². The quantitative estimate of drug-likeness (QED) is 0.859. The summed E-state index contributed by atoms with van der Waals surface area (Å²) in [4.78, 5) is 5.56. The molecule has 0 aromatic carbocycles. The normalized spacial score (nSPS) is 39.1. The van der Waals surface area contributed by atoms with Crippen LogP contribution < -0.4 is 5.32 Å². The van der Waals surface area contributed by atoms with Crippen molar-refractivity contribution >= 4 is 0 Å². The summed E-state index contributed by atoms with van der Waals surface area (Å²) in [5, 5.41) is 3.61. The zero-order chi connectivity index (χ0) is 14.7. The lowest BCUT2D eigenvalue weighted by atomic mass is 9.76. The smallest absolute Gasteiger partial charge is 0.0223 e. The van der Waals surface area contributed by atoms with Crippen LogP contribution in [0.5, 0.6) is 0 Å². The molecule has 2 aliphatic heterocycles. The molecule has 3 aliphatic rings. The second kappa shape index (κ2) is 7.43. The summed E-state index contributed by atoms with van der Waals surface area (Å²) in [6, 6.07) is 1.63. The van der Waals surface area contributed by atoms with Crippen molar-refractivity contribution in [2.24, 2.45) is 11.8 Å². The molecule has 122 valence electrons. The van der Waals surface area contributed by atoms with Gasteiger partial charge in [0.25, 0.3) is 0 Å². The van der Waals surface area contributed by atoms with E-state index in [9.17, 15) is 0 Å². The van der Waals surface area contributed by atoms with E-state index in [0.717, 1.165) is 23.9 Å². The predicted octanol–water partition coefficient (Wildman–Crippen LogP) is 2.57. The van der Waals surface area contributed by atoms with Crippen LogP contribution in [0.25, 0.3) is 0 Å². The topological polar surface area (TPSA) is 18.5 Å². The van der Waals surface area contributed by atoms with Crippen molar-refractivity contribution in [3.8, 4) is 0 Å². The third-order valence-electron chi connectivity index (χ3n) is 6.42. The largest absolute Gasteiger partial charge is 0.317 e. The van der Waals surface area contributed by atoms with E-state index in [1.807, 2.05) is 0 Å². The molecule has 3 fully saturated rings. The highest BCUT2D eigenvalue weighted by Gasteiger charge is 2.33. The van der Waals surface area contributed by atoms with Gasteiger partial charge in [0, 0.05) is 25.2 Å². The molecule has 4 atom stereocenters. The Morgan fingerprint density at radius 2 is 1.90 bits per heavy atom. The Hall–Kier alpha value is -0.120. The van der Waals surface area contributed by atoms with Crippen LogP contribution in [0, 0.1) is 11.8 Å². The van der Waals surface area contributed by atoms with Gasteiger partial charge in [-0.25, -0.2) is 0 Å². The zero-order valence-electron chi connectivity index (χ0n) is 14.2. The van der Waals surface area contributed by atoms with Gasteiger partial charge in [-0.05, 0) is 77.0 Å². The molecule has 0 radical (unpaired) electrons. The van der Waals surface area contributed by atoms with Crippen molar-refractivity contribution in [3.05, 3.63) is 0 Å². The van der Waals surface area contributed by atoms with Crippen molar-refractivity contribution < 1.29 is 0 Å². The molecule has 3 rings (SSSR count). The average molecular weight is 293 g/mol. The molecule has 21 heavy (non-hydrogen) atoms. The average Bonchev–Trinajstić information content (AvgIpc) is 2.86. The third-order valence-corrected chi connectivity index (χ3v) is 6.42. The maximum absolute atomic E-state index is 3.61. The van der Waals surface area contributed by atoms with E-state index in [0.29, 0.717) is 0 Å². The van der Waals surface area contributed by atoms with Gasteiger partial charge in [0.15, 0.2) is 0 Å². The van der Waals surface area contributed by atoms with E-state index in [2.05, 4.69) is 29.1 Å². The van der Waals surface area contributed by atoms with Crippen LogP contribution in [0.15, 0.2) is 0 Å². The molecule has 3 heteroatoms. The van der Waals surface area contributed by atoms with E-state index < -0.39 is 0 Å². The maximum atomic E-state index is 3.61. The minimum absolute atomic E-state index is 0.760. The van der Waals surface area contributed by atoms with Gasteiger partial charge in [0.05, 0.1) is 0 Å². The van der Waals surface area contributed by atoms with Gasteiger partial charge in [-0.1, -0.05) is 13.3 Å². The van der Waals surface area contributed by atoms with E-state index >= 15 is 0 Å². The van der Waals surface area contributed by atoms with Gasteiger partial charge >= 0.3 is 0 Å². The molecule has 0 spiro atoms. The van der Waals surface area contributed by atoms with Gasteiger partial charge in [-0.3, -0.25) is 4.90 Å². The Morgan fingerprint density at radius 1 is 1.05 bits per heavy atom. The standard InChI is InChI=1S/C18H35N3/c1-3-15-7-8-18(19-2)16(12-15)13-20-9-5-11-21-10-4-6-17(21)14-20/h15-19H,3-14H2,1-2H3. The molecular formula is C18H35N3. The number of hydrogen-bond donors (Lipinski definition) is 1. The van der Waals surface area contributed by atoms with Crippen LogP contribution in [0.2, 0.25) is 0 Å². The number of nitrogens with zero attached hydrogens (tertiary/aromatic N) is 2. The van der Waals surface area contributed by atoms with E-state index in [1.165, 1.54) is 77.7 Å². The highest BCUT2D eigenvalue weighted by molar-refractivity contribution is 4.89.